The number of allylic oxidation sites excluding steroid dienone is 1. The van der Waals surface area contributed by atoms with E-state index >= 15 is 0 Å². The Hall–Kier alpha value is -2.54. The first-order valence-electron chi connectivity index (χ1n) is 6.79. The van der Waals surface area contributed by atoms with Crippen LogP contribution in [0.5, 0.6) is 0 Å². The van der Waals surface area contributed by atoms with Gasteiger partial charge in [-0.1, -0.05) is 6.08 Å². The van der Waals surface area contributed by atoms with Gasteiger partial charge in [-0.15, -0.1) is 0 Å². The summed E-state index contributed by atoms with van der Waals surface area (Å²) in [6, 6.07) is 0.202. The van der Waals surface area contributed by atoms with Crippen LogP contribution in [0.4, 0.5) is 11.6 Å². The summed E-state index contributed by atoms with van der Waals surface area (Å²) in [5, 5.41) is 10.1. The third kappa shape index (κ3) is 2.82. The molecular weight excluding hydrogens is 268 g/mol. The van der Waals surface area contributed by atoms with E-state index in [1.165, 1.54) is 0 Å². The lowest BCUT2D eigenvalue weighted by Crippen LogP contribution is -2.21. The van der Waals surface area contributed by atoms with Crippen LogP contribution >= 0.6 is 0 Å². The fourth-order valence-corrected chi connectivity index (χ4v) is 2.37. The monoisotopic (exact) mass is 284 g/mol. The van der Waals surface area contributed by atoms with E-state index in [1.54, 1.807) is 18.6 Å². The number of hydrogen-bond donors (Lipinski definition) is 3. The molecule has 2 heterocycles. The average Bonchev–Trinajstić information content (AvgIpc) is 2.92. The summed E-state index contributed by atoms with van der Waals surface area (Å²) in [6.07, 6.45) is 10.2. The molecule has 0 fully saturated rings. The van der Waals surface area contributed by atoms with Crippen molar-refractivity contribution in [3.05, 3.63) is 35.9 Å². The smallest absolute Gasteiger partial charge is 0.164 e. The molecule has 1 atom stereocenters. The van der Waals surface area contributed by atoms with Crippen molar-refractivity contribution in [2.24, 2.45) is 5.73 Å². The molecule has 0 bridgehead atoms. The van der Waals surface area contributed by atoms with Gasteiger partial charge in [0, 0.05) is 18.4 Å². The molecule has 2 aromatic rings. The van der Waals surface area contributed by atoms with Crippen molar-refractivity contribution >= 4 is 23.5 Å². The quantitative estimate of drug-likeness (QED) is 0.736. The fourth-order valence-electron chi connectivity index (χ4n) is 2.37. The van der Waals surface area contributed by atoms with E-state index in [-0.39, 0.29) is 6.04 Å². The number of anilines is 2. The largest absolute Gasteiger partial charge is 0.327 e. The van der Waals surface area contributed by atoms with Crippen molar-refractivity contribution in [2.75, 3.05) is 5.32 Å². The predicted molar refractivity (Wildman–Crippen MR) is 79.1 cm³/mol. The Morgan fingerprint density at radius 1 is 1.43 bits per heavy atom. The minimum absolute atomic E-state index is 0.202. The maximum Gasteiger partial charge on any atom is 0.164 e. The summed E-state index contributed by atoms with van der Waals surface area (Å²) in [5.41, 5.74) is 8.22. The summed E-state index contributed by atoms with van der Waals surface area (Å²) in [7, 11) is 0. The van der Waals surface area contributed by atoms with Gasteiger partial charge in [0.25, 0.3) is 0 Å². The summed E-state index contributed by atoms with van der Waals surface area (Å²) in [5.74, 6) is 0.995. The average molecular weight is 284 g/mol. The highest BCUT2D eigenvalue weighted by atomic mass is 16.1. The van der Waals surface area contributed by atoms with Crippen LogP contribution in [0, 0.1) is 0 Å². The van der Waals surface area contributed by atoms with Gasteiger partial charge in [-0.3, -0.25) is 14.9 Å². The van der Waals surface area contributed by atoms with E-state index in [0.29, 0.717) is 17.2 Å². The first-order valence-corrected chi connectivity index (χ1v) is 6.79. The van der Waals surface area contributed by atoms with Crippen LogP contribution < -0.4 is 11.1 Å². The summed E-state index contributed by atoms with van der Waals surface area (Å²) < 4.78 is 0. The highest BCUT2D eigenvalue weighted by molar-refractivity contribution is 5.91. The number of carbonyl (C=O) groups is 1. The Bertz CT molecular complexity index is 663. The van der Waals surface area contributed by atoms with Crippen molar-refractivity contribution in [3.63, 3.8) is 0 Å². The van der Waals surface area contributed by atoms with Gasteiger partial charge in [0.2, 0.25) is 0 Å². The highest BCUT2D eigenvalue weighted by Gasteiger charge is 2.19. The van der Waals surface area contributed by atoms with Gasteiger partial charge >= 0.3 is 0 Å². The molecule has 21 heavy (non-hydrogen) atoms. The number of H-pyrrole nitrogens is 1. The van der Waals surface area contributed by atoms with E-state index in [2.05, 4.69) is 31.6 Å². The van der Waals surface area contributed by atoms with Crippen molar-refractivity contribution < 1.29 is 4.79 Å². The normalized spacial score (nSPS) is 18.1. The lowest BCUT2D eigenvalue weighted by atomic mass is 9.92. The second-order valence-corrected chi connectivity index (χ2v) is 4.96. The number of carbonyl (C=O) groups excluding carboxylic acids is 1. The molecular formula is C14H16N6O. The topological polar surface area (TPSA) is 110 Å². The molecule has 1 unspecified atom stereocenters. The molecule has 7 nitrogen and oxygen atoms in total. The lowest BCUT2D eigenvalue weighted by Gasteiger charge is -2.17. The number of nitrogens with zero attached hydrogens (tertiary/aromatic N) is 3. The van der Waals surface area contributed by atoms with Crippen LogP contribution in [-0.2, 0) is 0 Å². The lowest BCUT2D eigenvalue weighted by molar-refractivity contribution is 0.112. The van der Waals surface area contributed by atoms with Crippen LogP contribution in [0.2, 0.25) is 0 Å². The molecule has 0 saturated carbocycles. The molecule has 1 aliphatic rings. The molecule has 0 amide bonds. The molecule has 0 aromatic carbocycles. The van der Waals surface area contributed by atoms with Gasteiger partial charge in [-0.05, 0) is 24.8 Å². The molecule has 4 N–H and O–H groups in total. The zero-order chi connectivity index (χ0) is 14.7. The van der Waals surface area contributed by atoms with Gasteiger partial charge in [-0.2, -0.15) is 5.10 Å². The van der Waals surface area contributed by atoms with Crippen LogP contribution in [0.15, 0.2) is 24.7 Å². The minimum Gasteiger partial charge on any atom is -0.327 e. The SMILES string of the molecule is NC1CC=C(c2[nH]nc(Nc3cnccn3)c2C=O)CC1. The first kappa shape index (κ1) is 13.4. The molecule has 0 spiro atoms. The van der Waals surface area contributed by atoms with Crippen molar-refractivity contribution in [3.8, 4) is 0 Å². The Morgan fingerprint density at radius 3 is 3.00 bits per heavy atom. The Balaban J connectivity index is 1.89. The van der Waals surface area contributed by atoms with Gasteiger partial charge in [0.05, 0.1) is 17.5 Å². The third-order valence-corrected chi connectivity index (χ3v) is 3.50. The number of aromatic amines is 1. The summed E-state index contributed by atoms with van der Waals surface area (Å²) in [6.45, 7) is 0. The zero-order valence-electron chi connectivity index (χ0n) is 11.4. The third-order valence-electron chi connectivity index (χ3n) is 3.50. The molecule has 108 valence electrons. The molecule has 0 radical (unpaired) electrons. The van der Waals surface area contributed by atoms with Crippen LogP contribution in [0.1, 0.15) is 35.3 Å². The number of nitrogens with two attached hydrogens (primary N) is 1. The van der Waals surface area contributed by atoms with E-state index in [1.807, 2.05) is 0 Å². The van der Waals surface area contributed by atoms with Crippen molar-refractivity contribution in [2.45, 2.75) is 25.3 Å². The van der Waals surface area contributed by atoms with Crippen LogP contribution in [0.3, 0.4) is 0 Å². The molecule has 1 aliphatic carbocycles. The fraction of sp³-hybridized carbons (Fsp3) is 0.286. The predicted octanol–water partition coefficient (Wildman–Crippen LogP) is 1.65. The second-order valence-electron chi connectivity index (χ2n) is 4.96. The zero-order valence-corrected chi connectivity index (χ0v) is 11.4. The molecule has 2 aromatic heterocycles. The molecule has 0 aliphatic heterocycles. The number of aromatic nitrogens is 4. The van der Waals surface area contributed by atoms with Gasteiger partial charge in [-0.25, -0.2) is 4.98 Å². The maximum atomic E-state index is 11.4. The molecule has 7 heteroatoms. The van der Waals surface area contributed by atoms with Gasteiger partial charge in [0.15, 0.2) is 12.1 Å². The second kappa shape index (κ2) is 5.84. The number of nitrogens with one attached hydrogen (secondary N) is 2. The van der Waals surface area contributed by atoms with Crippen molar-refractivity contribution in [1.29, 1.82) is 0 Å². The van der Waals surface area contributed by atoms with Gasteiger partial charge in [0.1, 0.15) is 5.82 Å². The summed E-state index contributed by atoms with van der Waals surface area (Å²) >= 11 is 0. The maximum absolute atomic E-state index is 11.4. The number of rotatable bonds is 4. The highest BCUT2D eigenvalue weighted by Crippen LogP contribution is 2.30. The van der Waals surface area contributed by atoms with E-state index in [4.69, 9.17) is 5.73 Å². The minimum atomic E-state index is 0.202. The van der Waals surface area contributed by atoms with E-state index in [9.17, 15) is 4.79 Å². The Morgan fingerprint density at radius 2 is 2.33 bits per heavy atom. The Kier molecular flexibility index (Phi) is 3.74. The van der Waals surface area contributed by atoms with Crippen LogP contribution in [-0.4, -0.2) is 32.5 Å². The summed E-state index contributed by atoms with van der Waals surface area (Å²) in [4.78, 5) is 19.5. The van der Waals surface area contributed by atoms with E-state index in [0.717, 1.165) is 36.8 Å². The van der Waals surface area contributed by atoms with Crippen LogP contribution in [0.25, 0.3) is 5.57 Å². The number of hydrogen-bond acceptors (Lipinski definition) is 6. The van der Waals surface area contributed by atoms with E-state index < -0.39 is 0 Å². The Labute approximate surface area is 121 Å². The molecule has 0 saturated heterocycles. The van der Waals surface area contributed by atoms with Gasteiger partial charge < -0.3 is 11.1 Å². The number of aldehydes is 1. The first-order chi connectivity index (χ1) is 10.3. The molecule has 3 rings (SSSR count). The standard InChI is InChI=1S/C14H16N6O/c15-10-3-1-9(2-4-10)13-11(8-21)14(20-19-13)18-12-7-16-5-6-17-12/h1,5-8,10H,2-4,15H2,(H2,17,18,19,20). The van der Waals surface area contributed by atoms with Crippen molar-refractivity contribution in [1.82, 2.24) is 20.2 Å².